The molecular weight excluding hydrogens is 496 g/mol. The fraction of sp³-hybridized carbons (Fsp3) is 0.333. The fourth-order valence-corrected chi connectivity index (χ4v) is 4.99. The first-order chi connectivity index (χ1) is 17.9. The van der Waals surface area contributed by atoms with Crippen LogP contribution < -0.4 is 15.6 Å². The SMILES string of the molecule is O=C(NCC(=O)N1CCN(c2ccccc2CN2CCCC2=O)CC1)c1cc(=O)c2cc(Cl)ccc2o1. The minimum atomic E-state index is -0.633. The van der Waals surface area contributed by atoms with Crippen LogP contribution in [-0.2, 0) is 16.1 Å². The van der Waals surface area contributed by atoms with Crippen molar-refractivity contribution in [3.05, 3.63) is 75.1 Å². The number of carbonyl (C=O) groups is 3. The van der Waals surface area contributed by atoms with Gasteiger partial charge in [-0.2, -0.15) is 0 Å². The highest BCUT2D eigenvalue weighted by Crippen LogP contribution is 2.25. The smallest absolute Gasteiger partial charge is 0.287 e. The van der Waals surface area contributed by atoms with E-state index in [0.29, 0.717) is 44.2 Å². The highest BCUT2D eigenvalue weighted by Gasteiger charge is 2.25. The highest BCUT2D eigenvalue weighted by molar-refractivity contribution is 6.31. The molecule has 37 heavy (non-hydrogen) atoms. The van der Waals surface area contributed by atoms with Gasteiger partial charge in [-0.25, -0.2) is 0 Å². The van der Waals surface area contributed by atoms with Crippen LogP contribution in [0.5, 0.6) is 0 Å². The Balaban J connectivity index is 1.16. The standard InChI is InChI=1S/C27H27ClN4O5/c28-19-7-8-23-20(14-19)22(33)15-24(37-23)27(36)29-16-26(35)31-12-10-30(11-13-31)21-5-2-1-4-18(21)17-32-9-3-6-25(32)34/h1-2,4-5,7-8,14-15H,3,6,9-13,16-17H2,(H,29,36). The lowest BCUT2D eigenvalue weighted by atomic mass is 10.1. The molecule has 1 N–H and O–H groups in total. The number of nitrogens with zero attached hydrogens (tertiary/aromatic N) is 3. The molecule has 3 heterocycles. The van der Waals surface area contributed by atoms with Crippen LogP contribution in [-0.4, -0.2) is 66.8 Å². The van der Waals surface area contributed by atoms with Crippen molar-refractivity contribution in [3.63, 3.8) is 0 Å². The molecule has 3 amide bonds. The summed E-state index contributed by atoms with van der Waals surface area (Å²) in [6, 6.07) is 13.8. The molecule has 0 aliphatic carbocycles. The molecule has 0 saturated carbocycles. The van der Waals surface area contributed by atoms with Crippen molar-refractivity contribution >= 4 is 46.0 Å². The number of para-hydroxylation sites is 1. The zero-order chi connectivity index (χ0) is 25.9. The van der Waals surface area contributed by atoms with E-state index >= 15 is 0 Å². The molecule has 5 rings (SSSR count). The molecule has 0 bridgehead atoms. The third-order valence-electron chi connectivity index (χ3n) is 6.81. The fourth-order valence-electron chi connectivity index (χ4n) is 4.82. The average Bonchev–Trinajstić information content (AvgIpc) is 3.31. The average molecular weight is 523 g/mol. The van der Waals surface area contributed by atoms with Crippen LogP contribution in [0.2, 0.25) is 5.02 Å². The molecule has 192 valence electrons. The van der Waals surface area contributed by atoms with Gasteiger partial charge in [-0.15, -0.1) is 0 Å². The summed E-state index contributed by atoms with van der Waals surface area (Å²) in [6.07, 6.45) is 1.52. The molecule has 2 fully saturated rings. The molecule has 0 atom stereocenters. The van der Waals surface area contributed by atoms with Crippen LogP contribution in [0.1, 0.15) is 29.0 Å². The molecule has 9 nitrogen and oxygen atoms in total. The van der Waals surface area contributed by atoms with Gasteiger partial charge in [0.25, 0.3) is 5.91 Å². The second-order valence-corrected chi connectivity index (χ2v) is 9.65. The second kappa shape index (κ2) is 10.6. The highest BCUT2D eigenvalue weighted by atomic mass is 35.5. The van der Waals surface area contributed by atoms with Crippen molar-refractivity contribution in [1.82, 2.24) is 15.1 Å². The number of piperazine rings is 1. The number of amides is 3. The molecule has 10 heteroatoms. The first-order valence-corrected chi connectivity index (χ1v) is 12.7. The van der Waals surface area contributed by atoms with E-state index in [9.17, 15) is 19.2 Å². The largest absolute Gasteiger partial charge is 0.451 e. The van der Waals surface area contributed by atoms with Crippen molar-refractivity contribution < 1.29 is 18.8 Å². The lowest BCUT2D eigenvalue weighted by Crippen LogP contribution is -2.51. The van der Waals surface area contributed by atoms with Gasteiger partial charge in [0, 0.05) is 62.5 Å². The van der Waals surface area contributed by atoms with Gasteiger partial charge in [-0.1, -0.05) is 29.8 Å². The van der Waals surface area contributed by atoms with E-state index in [4.69, 9.17) is 16.0 Å². The van der Waals surface area contributed by atoms with E-state index < -0.39 is 5.91 Å². The molecule has 2 aromatic carbocycles. The van der Waals surface area contributed by atoms with Gasteiger partial charge in [0.05, 0.1) is 11.9 Å². The zero-order valence-corrected chi connectivity index (χ0v) is 21.0. The number of hydrogen-bond donors (Lipinski definition) is 1. The lowest BCUT2D eigenvalue weighted by Gasteiger charge is -2.37. The predicted molar refractivity (Wildman–Crippen MR) is 140 cm³/mol. The van der Waals surface area contributed by atoms with Gasteiger partial charge < -0.3 is 24.4 Å². The zero-order valence-electron chi connectivity index (χ0n) is 20.2. The van der Waals surface area contributed by atoms with E-state index in [2.05, 4.69) is 16.3 Å². The van der Waals surface area contributed by atoms with Gasteiger partial charge in [0.2, 0.25) is 11.8 Å². The molecule has 0 radical (unpaired) electrons. The molecule has 0 unspecified atom stereocenters. The molecule has 2 aliphatic rings. The van der Waals surface area contributed by atoms with Crippen LogP contribution in [0.4, 0.5) is 5.69 Å². The van der Waals surface area contributed by atoms with Gasteiger partial charge in [0.1, 0.15) is 5.58 Å². The Morgan fingerprint density at radius 3 is 2.51 bits per heavy atom. The van der Waals surface area contributed by atoms with E-state index in [1.807, 2.05) is 23.1 Å². The van der Waals surface area contributed by atoms with Crippen molar-refractivity contribution in [2.24, 2.45) is 0 Å². The number of benzene rings is 2. The van der Waals surface area contributed by atoms with Crippen LogP contribution in [0.3, 0.4) is 0 Å². The van der Waals surface area contributed by atoms with E-state index in [1.165, 1.54) is 12.1 Å². The predicted octanol–water partition coefficient (Wildman–Crippen LogP) is 2.65. The summed E-state index contributed by atoms with van der Waals surface area (Å²) in [7, 11) is 0. The number of anilines is 1. The first kappa shape index (κ1) is 24.8. The maximum Gasteiger partial charge on any atom is 0.287 e. The summed E-state index contributed by atoms with van der Waals surface area (Å²) in [4.78, 5) is 55.6. The summed E-state index contributed by atoms with van der Waals surface area (Å²) in [5.74, 6) is -0.810. The summed E-state index contributed by atoms with van der Waals surface area (Å²) < 4.78 is 5.54. The van der Waals surface area contributed by atoms with Crippen LogP contribution in [0.25, 0.3) is 11.0 Å². The van der Waals surface area contributed by atoms with Crippen LogP contribution in [0, 0.1) is 0 Å². The van der Waals surface area contributed by atoms with E-state index in [-0.39, 0.29) is 40.5 Å². The molecule has 3 aromatic rings. The second-order valence-electron chi connectivity index (χ2n) is 9.21. The Bertz CT molecular complexity index is 1410. The van der Waals surface area contributed by atoms with Crippen molar-refractivity contribution in [1.29, 1.82) is 0 Å². The third kappa shape index (κ3) is 5.46. The number of hydrogen-bond acceptors (Lipinski definition) is 6. The van der Waals surface area contributed by atoms with Crippen molar-refractivity contribution in [2.45, 2.75) is 19.4 Å². The number of carbonyl (C=O) groups excluding carboxylic acids is 3. The van der Waals surface area contributed by atoms with E-state index in [0.717, 1.165) is 30.3 Å². The van der Waals surface area contributed by atoms with Gasteiger partial charge >= 0.3 is 0 Å². The number of likely N-dealkylation sites (tertiary alicyclic amines) is 1. The number of rotatable bonds is 6. The topological polar surface area (TPSA) is 103 Å². The Kier molecular flexibility index (Phi) is 7.14. The number of halogens is 1. The summed E-state index contributed by atoms with van der Waals surface area (Å²) in [6.45, 7) is 3.50. The number of nitrogens with one attached hydrogen (secondary N) is 1. The Hall–Kier alpha value is -3.85. The van der Waals surface area contributed by atoms with Gasteiger partial charge in [-0.3, -0.25) is 19.2 Å². The van der Waals surface area contributed by atoms with E-state index in [1.54, 1.807) is 11.0 Å². The molecule has 2 aliphatic heterocycles. The molecule has 1 aromatic heterocycles. The quantitative estimate of drug-likeness (QED) is 0.534. The minimum absolute atomic E-state index is 0.162. The van der Waals surface area contributed by atoms with Gasteiger partial charge in [-0.05, 0) is 36.2 Å². The van der Waals surface area contributed by atoms with Crippen molar-refractivity contribution in [2.75, 3.05) is 44.2 Å². The monoisotopic (exact) mass is 522 g/mol. The van der Waals surface area contributed by atoms with Crippen LogP contribution in [0.15, 0.2) is 57.7 Å². The summed E-state index contributed by atoms with van der Waals surface area (Å²) >= 11 is 5.92. The maximum absolute atomic E-state index is 12.8. The van der Waals surface area contributed by atoms with Crippen LogP contribution >= 0.6 is 11.6 Å². The number of fused-ring (bicyclic) bond motifs is 1. The Labute approximate surface area is 218 Å². The normalized spacial score (nSPS) is 15.9. The first-order valence-electron chi connectivity index (χ1n) is 12.3. The molecule has 0 spiro atoms. The maximum atomic E-state index is 12.8. The molecular formula is C27H27ClN4O5. The van der Waals surface area contributed by atoms with Gasteiger partial charge in [0.15, 0.2) is 11.2 Å². The Morgan fingerprint density at radius 1 is 0.973 bits per heavy atom. The summed E-state index contributed by atoms with van der Waals surface area (Å²) in [5, 5.41) is 3.24. The minimum Gasteiger partial charge on any atom is -0.451 e. The lowest BCUT2D eigenvalue weighted by molar-refractivity contribution is -0.130. The Morgan fingerprint density at radius 2 is 1.76 bits per heavy atom. The van der Waals surface area contributed by atoms with Crippen molar-refractivity contribution in [3.8, 4) is 0 Å². The molecule has 2 saturated heterocycles. The third-order valence-corrected chi connectivity index (χ3v) is 7.05. The summed E-state index contributed by atoms with van der Waals surface area (Å²) in [5.41, 5.74) is 2.05.